The van der Waals surface area contributed by atoms with Crippen molar-refractivity contribution in [3.8, 4) is 0 Å². The van der Waals surface area contributed by atoms with Gasteiger partial charge < -0.3 is 18.2 Å². The van der Waals surface area contributed by atoms with Crippen LogP contribution in [0.25, 0.3) is 0 Å². The molecule has 0 amide bonds. The third-order valence-corrected chi connectivity index (χ3v) is 4.02. The average Bonchev–Trinajstić information content (AvgIpc) is 2.25. The van der Waals surface area contributed by atoms with Gasteiger partial charge in [0, 0.05) is 24.2 Å². The van der Waals surface area contributed by atoms with Gasteiger partial charge in [-0.3, -0.25) is 0 Å². The first-order valence-corrected chi connectivity index (χ1v) is 6.51. The fourth-order valence-corrected chi connectivity index (χ4v) is 2.91. The van der Waals surface area contributed by atoms with Crippen molar-refractivity contribution in [2.75, 3.05) is 0 Å². The third-order valence-electron chi connectivity index (χ3n) is 4.02. The van der Waals surface area contributed by atoms with Gasteiger partial charge >= 0.3 is 18.9 Å². The van der Waals surface area contributed by atoms with Gasteiger partial charge in [-0.1, -0.05) is 0 Å². The fourth-order valence-electron chi connectivity index (χ4n) is 2.91. The summed E-state index contributed by atoms with van der Waals surface area (Å²) in [5, 5.41) is 3.79. The number of nitrogens with one attached hydrogen (secondary N) is 1. The summed E-state index contributed by atoms with van der Waals surface area (Å²) in [7, 11) is 0. The number of rotatable bonds is 2. The third kappa shape index (κ3) is 4.39. The summed E-state index contributed by atoms with van der Waals surface area (Å²) in [6.45, 7) is 0. The van der Waals surface area contributed by atoms with Gasteiger partial charge in [-0.2, -0.15) is 0 Å². The molecule has 0 aliphatic heterocycles. The molecule has 2 saturated carbocycles. The zero-order valence-corrected chi connectivity index (χ0v) is 10.6. The summed E-state index contributed by atoms with van der Waals surface area (Å²) in [6.07, 6.45) is 9.86. The van der Waals surface area contributed by atoms with E-state index in [1.54, 1.807) is 0 Å². The van der Waals surface area contributed by atoms with Crippen LogP contribution in [0.4, 0.5) is 0 Å². The van der Waals surface area contributed by atoms with Crippen LogP contribution in [0, 0.1) is 0 Å². The Morgan fingerprint density at radius 1 is 0.688 bits per heavy atom. The van der Waals surface area contributed by atoms with E-state index < -0.39 is 0 Å². The Kier molecular flexibility index (Phi) is 6.39. The Balaban J connectivity index is 0.00000128. The van der Waals surface area contributed by atoms with E-state index in [0.29, 0.717) is 12.1 Å². The van der Waals surface area contributed by atoms with E-state index in [1.807, 2.05) is 0 Å². The second-order valence-corrected chi connectivity index (χ2v) is 5.39. The van der Waals surface area contributed by atoms with Gasteiger partial charge in [-0.15, -0.1) is 0 Å². The van der Waals surface area contributed by atoms with Gasteiger partial charge in [-0.05, 0) is 51.4 Å². The van der Waals surface area contributed by atoms with Crippen LogP contribution in [0.5, 0.6) is 0 Å². The van der Waals surface area contributed by atoms with Crippen molar-refractivity contribution in [1.29, 1.82) is 0 Å². The number of hydrogen-bond donors (Lipinski definition) is 3. The number of nitrogens with two attached hydrogens (primary N) is 2. The van der Waals surface area contributed by atoms with E-state index in [4.69, 9.17) is 11.5 Å². The molecule has 0 atom stereocenters. The van der Waals surface area contributed by atoms with Crippen LogP contribution in [0.15, 0.2) is 0 Å². The normalized spacial score (nSPS) is 40.1. The summed E-state index contributed by atoms with van der Waals surface area (Å²) in [6, 6.07) is 2.37. The Labute approximate surface area is 113 Å². The SMILES string of the molecule is NC1CCC(NC2CCC(N)CC2)CC1.[H-].[Li+]. The Morgan fingerprint density at radius 3 is 1.31 bits per heavy atom. The zero-order chi connectivity index (χ0) is 10.7. The van der Waals surface area contributed by atoms with Crippen molar-refractivity contribution in [1.82, 2.24) is 5.32 Å². The van der Waals surface area contributed by atoms with Crippen molar-refractivity contribution < 1.29 is 20.3 Å². The largest absolute Gasteiger partial charge is 1.00 e. The molecule has 2 aliphatic carbocycles. The molecule has 2 rings (SSSR count). The van der Waals surface area contributed by atoms with E-state index in [2.05, 4.69) is 5.32 Å². The maximum Gasteiger partial charge on any atom is 1.00 e. The van der Waals surface area contributed by atoms with Gasteiger partial charge in [0.1, 0.15) is 0 Å². The second kappa shape index (κ2) is 7.03. The average molecular weight is 219 g/mol. The molecule has 5 N–H and O–H groups in total. The molecule has 0 bridgehead atoms. The predicted octanol–water partition coefficient (Wildman–Crippen LogP) is -1.77. The van der Waals surface area contributed by atoms with Crippen molar-refractivity contribution in [3.05, 3.63) is 0 Å². The molecule has 0 aromatic rings. The van der Waals surface area contributed by atoms with Crippen molar-refractivity contribution in [2.45, 2.75) is 75.5 Å². The monoisotopic (exact) mass is 219 g/mol. The Bertz CT molecular complexity index is 170. The topological polar surface area (TPSA) is 64.1 Å². The van der Waals surface area contributed by atoms with E-state index >= 15 is 0 Å². The smallest absolute Gasteiger partial charge is 1.00 e. The van der Waals surface area contributed by atoms with Gasteiger partial charge in [0.25, 0.3) is 0 Å². The molecule has 0 aromatic carbocycles. The molecule has 0 aromatic heterocycles. The predicted molar refractivity (Wildman–Crippen MR) is 64.7 cm³/mol. The van der Waals surface area contributed by atoms with E-state index in [9.17, 15) is 0 Å². The second-order valence-electron chi connectivity index (χ2n) is 5.39. The van der Waals surface area contributed by atoms with Gasteiger partial charge in [-0.25, -0.2) is 0 Å². The summed E-state index contributed by atoms with van der Waals surface area (Å²) in [5.74, 6) is 0. The van der Waals surface area contributed by atoms with E-state index in [0.717, 1.165) is 12.1 Å². The minimum atomic E-state index is 0. The molecule has 2 aliphatic rings. The van der Waals surface area contributed by atoms with Crippen LogP contribution in [0.1, 0.15) is 52.8 Å². The number of hydrogen-bond acceptors (Lipinski definition) is 3. The van der Waals surface area contributed by atoms with Crippen LogP contribution in [-0.4, -0.2) is 24.2 Å². The maximum absolute atomic E-state index is 5.90. The minimum Gasteiger partial charge on any atom is -1.00 e. The summed E-state index contributed by atoms with van der Waals surface area (Å²) < 4.78 is 0. The first-order valence-electron chi connectivity index (χ1n) is 6.51. The standard InChI is InChI=1S/C12H25N3.Li.H/c13-9-1-5-11(6-2-9)15-12-7-3-10(14)4-8-12;;/h9-12,15H,1-8,13-14H2;;/q;+1;-1. The Morgan fingerprint density at radius 2 is 1.00 bits per heavy atom. The van der Waals surface area contributed by atoms with Crippen LogP contribution in [-0.2, 0) is 0 Å². The summed E-state index contributed by atoms with van der Waals surface area (Å²) in [4.78, 5) is 0. The van der Waals surface area contributed by atoms with Crippen LogP contribution in [0.3, 0.4) is 0 Å². The molecule has 16 heavy (non-hydrogen) atoms. The molecular formula is C12H26LiN3. The van der Waals surface area contributed by atoms with E-state index in [1.165, 1.54) is 51.4 Å². The summed E-state index contributed by atoms with van der Waals surface area (Å²) >= 11 is 0. The first kappa shape index (κ1) is 14.5. The molecule has 4 heteroatoms. The van der Waals surface area contributed by atoms with Gasteiger partial charge in [0.15, 0.2) is 0 Å². The molecule has 90 valence electrons. The van der Waals surface area contributed by atoms with Crippen LogP contribution in [0.2, 0.25) is 0 Å². The molecule has 0 saturated heterocycles. The molecule has 0 heterocycles. The molecular weight excluding hydrogens is 193 g/mol. The molecule has 3 nitrogen and oxygen atoms in total. The minimum absolute atomic E-state index is 0. The van der Waals surface area contributed by atoms with Crippen molar-refractivity contribution >= 4 is 0 Å². The molecule has 2 fully saturated rings. The maximum atomic E-state index is 5.90. The van der Waals surface area contributed by atoms with Crippen molar-refractivity contribution in [2.24, 2.45) is 11.5 Å². The van der Waals surface area contributed by atoms with Crippen molar-refractivity contribution in [3.63, 3.8) is 0 Å². The van der Waals surface area contributed by atoms with Crippen LogP contribution >= 0.6 is 0 Å². The quantitative estimate of drug-likeness (QED) is 0.482. The van der Waals surface area contributed by atoms with Gasteiger partial charge in [0.05, 0.1) is 0 Å². The molecule has 0 unspecified atom stereocenters. The van der Waals surface area contributed by atoms with E-state index in [-0.39, 0.29) is 20.3 Å². The van der Waals surface area contributed by atoms with Crippen LogP contribution < -0.4 is 35.6 Å². The fraction of sp³-hybridized carbons (Fsp3) is 1.00. The zero-order valence-electron chi connectivity index (χ0n) is 11.6. The summed E-state index contributed by atoms with van der Waals surface area (Å²) in [5.41, 5.74) is 11.8. The molecule has 0 spiro atoms. The van der Waals surface area contributed by atoms with Gasteiger partial charge in [0.2, 0.25) is 0 Å². The Hall–Kier alpha value is 0.477. The molecule has 0 radical (unpaired) electrons. The first-order chi connectivity index (χ1) is 7.24.